The highest BCUT2D eigenvalue weighted by atomic mass is 16.2. The number of hydrogen-bond acceptors (Lipinski definition) is 5. The molecule has 0 saturated carbocycles. The molecule has 19 heavy (non-hydrogen) atoms. The Morgan fingerprint density at radius 3 is 2.74 bits per heavy atom. The Labute approximate surface area is 110 Å². The smallest absolute Gasteiger partial charge is 0.242 e. The van der Waals surface area contributed by atoms with Crippen LogP contribution in [-0.2, 0) is 18.4 Å². The lowest BCUT2D eigenvalue weighted by atomic mass is 10.1. The van der Waals surface area contributed by atoms with Crippen LogP contribution in [0.25, 0.3) is 0 Å². The van der Waals surface area contributed by atoms with Gasteiger partial charge in [0.15, 0.2) is 0 Å². The Kier molecular flexibility index (Phi) is 3.59. The first-order chi connectivity index (χ1) is 8.99. The van der Waals surface area contributed by atoms with Crippen molar-refractivity contribution in [3.05, 3.63) is 23.3 Å². The summed E-state index contributed by atoms with van der Waals surface area (Å²) in [5, 5.41) is 17.9. The number of carbonyl (C=O) groups excluding carboxylic acids is 1. The van der Waals surface area contributed by atoms with E-state index in [0.29, 0.717) is 0 Å². The Bertz CT molecular complexity index is 572. The van der Waals surface area contributed by atoms with Crippen LogP contribution in [0, 0.1) is 13.8 Å². The molecule has 0 radical (unpaired) electrons. The third kappa shape index (κ3) is 2.78. The Morgan fingerprint density at radius 1 is 1.47 bits per heavy atom. The van der Waals surface area contributed by atoms with E-state index in [4.69, 9.17) is 0 Å². The van der Waals surface area contributed by atoms with Crippen LogP contribution in [0.2, 0.25) is 0 Å². The number of aromatic nitrogens is 6. The number of nitrogens with zero attached hydrogens (tertiary/aromatic N) is 6. The van der Waals surface area contributed by atoms with E-state index in [9.17, 15) is 4.79 Å². The molecule has 0 aliphatic carbocycles. The van der Waals surface area contributed by atoms with Gasteiger partial charge in [-0.3, -0.25) is 9.48 Å². The normalized spacial score (nSPS) is 12.4. The highest BCUT2D eigenvalue weighted by molar-refractivity contribution is 5.76. The lowest BCUT2D eigenvalue weighted by Crippen LogP contribution is -2.30. The van der Waals surface area contributed by atoms with Crippen molar-refractivity contribution in [3.63, 3.8) is 0 Å². The van der Waals surface area contributed by atoms with Crippen molar-refractivity contribution in [2.24, 2.45) is 7.05 Å². The zero-order chi connectivity index (χ0) is 14.0. The van der Waals surface area contributed by atoms with Crippen LogP contribution in [0.3, 0.4) is 0 Å². The van der Waals surface area contributed by atoms with E-state index in [1.807, 2.05) is 32.5 Å². The van der Waals surface area contributed by atoms with Gasteiger partial charge in [-0.25, -0.2) is 4.68 Å². The van der Waals surface area contributed by atoms with Gasteiger partial charge >= 0.3 is 0 Å². The van der Waals surface area contributed by atoms with Crippen molar-refractivity contribution >= 4 is 5.91 Å². The number of nitrogens with one attached hydrogen (secondary N) is 1. The molecule has 0 saturated heterocycles. The molecular formula is C11H17N7O. The molecule has 0 aromatic carbocycles. The summed E-state index contributed by atoms with van der Waals surface area (Å²) in [4.78, 5) is 11.9. The number of carbonyl (C=O) groups is 1. The van der Waals surface area contributed by atoms with Gasteiger partial charge in [0, 0.05) is 18.3 Å². The standard InChI is InChI=1S/C11H17N7O/c1-7(11-8(2)14-17(4)9(11)3)13-10(19)5-18-6-12-15-16-18/h6-7H,5H2,1-4H3,(H,13,19)/t7-/m1/s1. The van der Waals surface area contributed by atoms with E-state index in [-0.39, 0.29) is 18.5 Å². The molecular weight excluding hydrogens is 246 g/mol. The fourth-order valence-electron chi connectivity index (χ4n) is 2.18. The summed E-state index contributed by atoms with van der Waals surface area (Å²) in [7, 11) is 1.89. The average Bonchev–Trinajstić information content (AvgIpc) is 2.88. The van der Waals surface area contributed by atoms with Gasteiger partial charge in [-0.1, -0.05) is 0 Å². The van der Waals surface area contributed by atoms with Crippen LogP contribution in [-0.4, -0.2) is 35.9 Å². The van der Waals surface area contributed by atoms with Crippen LogP contribution in [0.5, 0.6) is 0 Å². The minimum Gasteiger partial charge on any atom is -0.348 e. The van der Waals surface area contributed by atoms with Crippen molar-refractivity contribution in [1.29, 1.82) is 0 Å². The summed E-state index contributed by atoms with van der Waals surface area (Å²) in [6.45, 7) is 5.97. The van der Waals surface area contributed by atoms with Gasteiger partial charge < -0.3 is 5.32 Å². The van der Waals surface area contributed by atoms with Crippen molar-refractivity contribution in [3.8, 4) is 0 Å². The van der Waals surface area contributed by atoms with Crippen LogP contribution in [0.1, 0.15) is 29.9 Å². The zero-order valence-corrected chi connectivity index (χ0v) is 11.5. The number of rotatable bonds is 4. The third-order valence-electron chi connectivity index (χ3n) is 3.07. The number of hydrogen-bond donors (Lipinski definition) is 1. The van der Waals surface area contributed by atoms with Crippen LogP contribution in [0.4, 0.5) is 0 Å². The van der Waals surface area contributed by atoms with E-state index in [0.717, 1.165) is 17.0 Å². The molecule has 102 valence electrons. The topological polar surface area (TPSA) is 90.5 Å². The monoisotopic (exact) mass is 263 g/mol. The quantitative estimate of drug-likeness (QED) is 0.832. The largest absolute Gasteiger partial charge is 0.348 e. The minimum atomic E-state index is -0.137. The van der Waals surface area contributed by atoms with Crippen molar-refractivity contribution in [2.75, 3.05) is 0 Å². The van der Waals surface area contributed by atoms with E-state index in [1.54, 1.807) is 0 Å². The molecule has 0 bridgehead atoms. The van der Waals surface area contributed by atoms with Gasteiger partial charge in [0.25, 0.3) is 0 Å². The van der Waals surface area contributed by atoms with Gasteiger partial charge in [-0.15, -0.1) is 5.10 Å². The second kappa shape index (κ2) is 5.17. The second-order valence-electron chi connectivity index (χ2n) is 4.50. The minimum absolute atomic E-state index is 0.0994. The van der Waals surface area contributed by atoms with E-state index in [1.165, 1.54) is 11.0 Å². The maximum atomic E-state index is 11.9. The first-order valence-corrected chi connectivity index (χ1v) is 5.99. The maximum absolute atomic E-state index is 11.9. The number of amides is 1. The van der Waals surface area contributed by atoms with Crippen LogP contribution >= 0.6 is 0 Å². The zero-order valence-electron chi connectivity index (χ0n) is 11.5. The number of tetrazole rings is 1. The molecule has 2 aromatic heterocycles. The lowest BCUT2D eigenvalue weighted by molar-refractivity contribution is -0.122. The fraction of sp³-hybridized carbons (Fsp3) is 0.545. The van der Waals surface area contributed by atoms with Gasteiger partial charge in [0.05, 0.1) is 11.7 Å². The Morgan fingerprint density at radius 2 is 2.21 bits per heavy atom. The maximum Gasteiger partial charge on any atom is 0.242 e. The van der Waals surface area contributed by atoms with E-state index in [2.05, 4.69) is 25.9 Å². The molecule has 2 rings (SSSR count). The molecule has 1 atom stereocenters. The summed E-state index contributed by atoms with van der Waals surface area (Å²) in [6, 6.07) is -0.0994. The van der Waals surface area contributed by atoms with Crippen molar-refractivity contribution in [1.82, 2.24) is 35.3 Å². The fourth-order valence-corrected chi connectivity index (χ4v) is 2.18. The predicted molar refractivity (Wildman–Crippen MR) is 67.1 cm³/mol. The predicted octanol–water partition coefficient (Wildman–Crippen LogP) is -0.0992. The van der Waals surface area contributed by atoms with E-state index < -0.39 is 0 Å². The molecule has 2 aromatic rings. The van der Waals surface area contributed by atoms with Crippen molar-refractivity contribution in [2.45, 2.75) is 33.4 Å². The van der Waals surface area contributed by atoms with E-state index >= 15 is 0 Å². The Hall–Kier alpha value is -2.25. The molecule has 8 nitrogen and oxygen atoms in total. The van der Waals surface area contributed by atoms with Crippen LogP contribution in [0.15, 0.2) is 6.33 Å². The number of aryl methyl sites for hydroxylation is 2. The molecule has 0 unspecified atom stereocenters. The summed E-state index contributed by atoms with van der Waals surface area (Å²) in [5.74, 6) is -0.137. The molecule has 0 spiro atoms. The molecule has 0 fully saturated rings. The first-order valence-electron chi connectivity index (χ1n) is 5.99. The highest BCUT2D eigenvalue weighted by Gasteiger charge is 2.18. The third-order valence-corrected chi connectivity index (χ3v) is 3.07. The molecule has 0 aliphatic heterocycles. The molecule has 0 aliphatic rings. The summed E-state index contributed by atoms with van der Waals surface area (Å²) in [5.41, 5.74) is 3.02. The lowest BCUT2D eigenvalue weighted by Gasteiger charge is -2.14. The van der Waals surface area contributed by atoms with Crippen LogP contribution < -0.4 is 5.32 Å². The van der Waals surface area contributed by atoms with Gasteiger partial charge in [0.2, 0.25) is 5.91 Å². The molecule has 1 amide bonds. The molecule has 1 N–H and O–H groups in total. The molecule has 2 heterocycles. The SMILES string of the molecule is Cc1nn(C)c(C)c1[C@@H](C)NC(=O)Cn1cnnn1. The average molecular weight is 263 g/mol. The van der Waals surface area contributed by atoms with Gasteiger partial charge in [0.1, 0.15) is 12.9 Å². The van der Waals surface area contributed by atoms with Gasteiger partial charge in [-0.2, -0.15) is 5.10 Å². The Balaban J connectivity index is 2.04. The second-order valence-corrected chi connectivity index (χ2v) is 4.50. The van der Waals surface area contributed by atoms with Crippen molar-refractivity contribution < 1.29 is 4.79 Å². The highest BCUT2D eigenvalue weighted by Crippen LogP contribution is 2.20. The summed E-state index contributed by atoms with van der Waals surface area (Å²) < 4.78 is 3.19. The molecule has 8 heteroatoms. The summed E-state index contributed by atoms with van der Waals surface area (Å²) >= 11 is 0. The first kappa shape index (κ1) is 13.2. The summed E-state index contributed by atoms with van der Waals surface area (Å²) in [6.07, 6.45) is 1.41. The van der Waals surface area contributed by atoms with Gasteiger partial charge in [-0.05, 0) is 31.2 Å².